The summed E-state index contributed by atoms with van der Waals surface area (Å²) in [7, 11) is 0. The van der Waals surface area contributed by atoms with Crippen molar-refractivity contribution in [3.63, 3.8) is 0 Å². The second kappa shape index (κ2) is 4.52. The van der Waals surface area contributed by atoms with Crippen LogP contribution < -0.4 is 0 Å². The highest BCUT2D eigenvalue weighted by Crippen LogP contribution is 2.30. The molecule has 0 aliphatic rings. The summed E-state index contributed by atoms with van der Waals surface area (Å²) in [5, 5.41) is 10.7. The molecular formula is C15H14O2. The molecule has 0 fully saturated rings. The Labute approximate surface area is 101 Å². The molecule has 0 spiro atoms. The number of hydrogen-bond donors (Lipinski definition) is 1. The molecule has 0 saturated heterocycles. The lowest BCUT2D eigenvalue weighted by Gasteiger charge is -2.26. The van der Waals surface area contributed by atoms with Crippen LogP contribution in [0.4, 0.5) is 0 Å². The maximum absolute atomic E-state index is 11.8. The minimum atomic E-state index is -1.55. The lowest BCUT2D eigenvalue weighted by molar-refractivity contribution is -0.131. The van der Waals surface area contributed by atoms with Crippen LogP contribution in [0.2, 0.25) is 0 Å². The van der Waals surface area contributed by atoms with E-state index >= 15 is 0 Å². The van der Waals surface area contributed by atoms with Gasteiger partial charge in [0.25, 0.3) is 0 Å². The Morgan fingerprint density at radius 2 is 1.24 bits per heavy atom. The third kappa shape index (κ3) is 1.99. The fourth-order valence-electron chi connectivity index (χ4n) is 1.93. The van der Waals surface area contributed by atoms with E-state index in [1.807, 2.05) is 36.4 Å². The van der Waals surface area contributed by atoms with Gasteiger partial charge < -0.3 is 5.11 Å². The Balaban J connectivity index is 2.59. The molecular weight excluding hydrogens is 212 g/mol. The van der Waals surface area contributed by atoms with Crippen molar-refractivity contribution in [2.24, 2.45) is 0 Å². The molecule has 2 heteroatoms. The summed E-state index contributed by atoms with van der Waals surface area (Å²) >= 11 is 0. The molecule has 0 atom stereocenters. The van der Waals surface area contributed by atoms with Gasteiger partial charge >= 0.3 is 0 Å². The van der Waals surface area contributed by atoms with Crippen LogP contribution in [-0.2, 0) is 10.4 Å². The van der Waals surface area contributed by atoms with E-state index in [0.29, 0.717) is 11.1 Å². The summed E-state index contributed by atoms with van der Waals surface area (Å²) in [5.74, 6) is -0.282. The summed E-state index contributed by atoms with van der Waals surface area (Å²) in [4.78, 5) is 11.8. The SMILES string of the molecule is CC(=O)C(O)(c1ccccc1)c1ccccc1. The third-order valence-electron chi connectivity index (χ3n) is 2.89. The predicted octanol–water partition coefficient (Wildman–Crippen LogP) is 2.51. The third-order valence-corrected chi connectivity index (χ3v) is 2.89. The summed E-state index contributed by atoms with van der Waals surface area (Å²) in [6, 6.07) is 18.0. The van der Waals surface area contributed by atoms with Crippen LogP contribution in [0.5, 0.6) is 0 Å². The number of aliphatic hydroxyl groups is 1. The van der Waals surface area contributed by atoms with Gasteiger partial charge in [0.1, 0.15) is 0 Å². The van der Waals surface area contributed by atoms with Crippen LogP contribution >= 0.6 is 0 Å². The van der Waals surface area contributed by atoms with Gasteiger partial charge in [-0.1, -0.05) is 60.7 Å². The van der Waals surface area contributed by atoms with Gasteiger partial charge in [0.05, 0.1) is 0 Å². The van der Waals surface area contributed by atoms with Crippen molar-refractivity contribution in [3.8, 4) is 0 Å². The lowest BCUT2D eigenvalue weighted by Crippen LogP contribution is -2.35. The molecule has 0 bridgehead atoms. The van der Waals surface area contributed by atoms with Gasteiger partial charge in [-0.05, 0) is 18.1 Å². The number of hydrogen-bond acceptors (Lipinski definition) is 2. The van der Waals surface area contributed by atoms with E-state index in [4.69, 9.17) is 0 Å². The molecule has 17 heavy (non-hydrogen) atoms. The highest BCUT2D eigenvalue weighted by atomic mass is 16.3. The van der Waals surface area contributed by atoms with Crippen molar-refractivity contribution in [1.82, 2.24) is 0 Å². The molecule has 0 radical (unpaired) electrons. The fourth-order valence-corrected chi connectivity index (χ4v) is 1.93. The van der Waals surface area contributed by atoms with E-state index in [-0.39, 0.29) is 5.78 Å². The summed E-state index contributed by atoms with van der Waals surface area (Å²) < 4.78 is 0. The first-order chi connectivity index (χ1) is 8.15. The second-order valence-corrected chi connectivity index (χ2v) is 4.00. The summed E-state index contributed by atoms with van der Waals surface area (Å²) in [6.45, 7) is 1.40. The van der Waals surface area contributed by atoms with Crippen molar-refractivity contribution in [3.05, 3.63) is 71.8 Å². The van der Waals surface area contributed by atoms with Gasteiger partial charge in [0.2, 0.25) is 0 Å². The molecule has 0 aliphatic carbocycles. The average Bonchev–Trinajstić information content (AvgIpc) is 2.39. The Morgan fingerprint density at radius 3 is 1.53 bits per heavy atom. The van der Waals surface area contributed by atoms with E-state index < -0.39 is 5.60 Å². The number of Topliss-reactive ketones (excluding diaryl/α,β-unsaturated/α-hetero) is 1. The van der Waals surface area contributed by atoms with Crippen molar-refractivity contribution in [2.45, 2.75) is 12.5 Å². The highest BCUT2D eigenvalue weighted by molar-refractivity contribution is 5.89. The van der Waals surface area contributed by atoms with Gasteiger partial charge in [-0.15, -0.1) is 0 Å². The van der Waals surface area contributed by atoms with E-state index in [9.17, 15) is 9.90 Å². The van der Waals surface area contributed by atoms with Crippen LogP contribution in [0, 0.1) is 0 Å². The number of carbonyl (C=O) groups is 1. The minimum Gasteiger partial charge on any atom is -0.373 e. The van der Waals surface area contributed by atoms with Gasteiger partial charge in [0.15, 0.2) is 11.4 Å². The zero-order valence-corrected chi connectivity index (χ0v) is 9.63. The van der Waals surface area contributed by atoms with Crippen molar-refractivity contribution in [1.29, 1.82) is 0 Å². The number of rotatable bonds is 3. The van der Waals surface area contributed by atoms with Gasteiger partial charge in [-0.25, -0.2) is 0 Å². The van der Waals surface area contributed by atoms with E-state index in [1.165, 1.54) is 6.92 Å². The molecule has 0 amide bonds. The number of carbonyl (C=O) groups excluding carboxylic acids is 1. The average molecular weight is 226 g/mol. The predicted molar refractivity (Wildman–Crippen MR) is 66.6 cm³/mol. The molecule has 1 N–H and O–H groups in total. The van der Waals surface area contributed by atoms with Gasteiger partial charge in [-0.2, -0.15) is 0 Å². The van der Waals surface area contributed by atoms with Crippen LogP contribution in [0.3, 0.4) is 0 Å². The first-order valence-electron chi connectivity index (χ1n) is 5.50. The van der Waals surface area contributed by atoms with Crippen LogP contribution in [0.1, 0.15) is 18.1 Å². The first-order valence-corrected chi connectivity index (χ1v) is 5.50. The number of benzene rings is 2. The summed E-state index contributed by atoms with van der Waals surface area (Å²) in [6.07, 6.45) is 0. The molecule has 0 saturated carbocycles. The van der Waals surface area contributed by atoms with E-state index in [2.05, 4.69) is 0 Å². The Morgan fingerprint density at radius 1 is 0.882 bits per heavy atom. The Hall–Kier alpha value is -1.93. The van der Waals surface area contributed by atoms with Gasteiger partial charge in [0, 0.05) is 0 Å². The molecule has 0 heterocycles. The standard InChI is InChI=1S/C15H14O2/c1-12(16)15(17,13-8-4-2-5-9-13)14-10-6-3-7-11-14/h2-11,17H,1H3. The van der Waals surface area contributed by atoms with Crippen molar-refractivity contribution < 1.29 is 9.90 Å². The first kappa shape index (κ1) is 11.6. The molecule has 86 valence electrons. The van der Waals surface area contributed by atoms with Gasteiger partial charge in [-0.3, -0.25) is 4.79 Å². The quantitative estimate of drug-likeness (QED) is 0.873. The summed E-state index contributed by atoms with van der Waals surface area (Å²) in [5.41, 5.74) is -0.361. The molecule has 2 aromatic carbocycles. The van der Waals surface area contributed by atoms with Crippen molar-refractivity contribution in [2.75, 3.05) is 0 Å². The minimum absolute atomic E-state index is 0.282. The molecule has 2 nitrogen and oxygen atoms in total. The maximum Gasteiger partial charge on any atom is 0.173 e. The zero-order chi connectivity index (χ0) is 12.3. The van der Waals surface area contributed by atoms with Crippen LogP contribution in [0.15, 0.2) is 60.7 Å². The molecule has 0 aromatic heterocycles. The largest absolute Gasteiger partial charge is 0.373 e. The monoisotopic (exact) mass is 226 g/mol. The molecule has 2 aromatic rings. The highest BCUT2D eigenvalue weighted by Gasteiger charge is 2.36. The fraction of sp³-hybridized carbons (Fsp3) is 0.133. The van der Waals surface area contributed by atoms with Crippen molar-refractivity contribution >= 4 is 5.78 Å². The number of ketones is 1. The van der Waals surface area contributed by atoms with E-state index in [1.54, 1.807) is 24.3 Å². The molecule has 0 unspecified atom stereocenters. The topological polar surface area (TPSA) is 37.3 Å². The normalized spacial score (nSPS) is 11.2. The Bertz CT molecular complexity index is 463. The molecule has 0 aliphatic heterocycles. The lowest BCUT2D eigenvalue weighted by atomic mass is 9.83. The zero-order valence-electron chi connectivity index (χ0n) is 9.63. The second-order valence-electron chi connectivity index (χ2n) is 4.00. The molecule has 2 rings (SSSR count). The van der Waals surface area contributed by atoms with Crippen LogP contribution in [-0.4, -0.2) is 10.9 Å². The smallest absolute Gasteiger partial charge is 0.173 e. The van der Waals surface area contributed by atoms with E-state index in [0.717, 1.165) is 0 Å². The maximum atomic E-state index is 11.8. The Kier molecular flexibility index (Phi) is 3.07. The van der Waals surface area contributed by atoms with Crippen LogP contribution in [0.25, 0.3) is 0 Å².